The molecule has 0 aliphatic carbocycles. The van der Waals surface area contributed by atoms with E-state index in [0.717, 1.165) is 11.1 Å². The summed E-state index contributed by atoms with van der Waals surface area (Å²) < 4.78 is 10.3. The molecule has 2 saturated heterocycles. The first-order chi connectivity index (χ1) is 20.9. The predicted molar refractivity (Wildman–Crippen MR) is 157 cm³/mol. The van der Waals surface area contributed by atoms with E-state index in [4.69, 9.17) is 9.47 Å². The van der Waals surface area contributed by atoms with Gasteiger partial charge in [-0.05, 0) is 24.0 Å². The number of carbonyl (C=O) groups excluding carboxylic acids is 5. The molecular weight excluding hydrogens is 554 g/mol. The average molecular weight is 594 g/mol. The van der Waals surface area contributed by atoms with Crippen molar-refractivity contribution in [3.8, 4) is 0 Å². The molecule has 2 aliphatic rings. The number of benzene rings is 2. The summed E-state index contributed by atoms with van der Waals surface area (Å²) in [6, 6.07) is 16.9. The maximum Gasteiger partial charge on any atom is 0.243 e. The average Bonchev–Trinajstić information content (AvgIpc) is 3.88. The van der Waals surface area contributed by atoms with Crippen LogP contribution in [-0.4, -0.2) is 105 Å². The standard InChI is InChI=1S/C31H39N5O7/c37-26(27-21-43-27)18-32-31(41)25(17-23-9-5-2-6-10-23)35-28(38)19-33-30(40)24(12-11-22-7-3-1-4-8-22)34-29(39)20-36-13-15-42-16-14-36/h1-10,24-25,27H,11-21H2,(H,32,41)(H,33,40)(H,34,39)(H,35,38). The van der Waals surface area contributed by atoms with E-state index in [1.807, 2.05) is 65.6 Å². The van der Waals surface area contributed by atoms with Crippen LogP contribution in [0.5, 0.6) is 0 Å². The van der Waals surface area contributed by atoms with Crippen molar-refractivity contribution in [1.29, 1.82) is 0 Å². The van der Waals surface area contributed by atoms with Crippen LogP contribution >= 0.6 is 0 Å². The number of nitrogens with zero attached hydrogens (tertiary/aromatic N) is 1. The molecule has 0 spiro atoms. The minimum atomic E-state index is -0.971. The quantitative estimate of drug-likeness (QED) is 0.187. The number of ether oxygens (including phenoxy) is 2. The first kappa shape index (κ1) is 31.8. The summed E-state index contributed by atoms with van der Waals surface area (Å²) in [5.74, 6) is -2.12. The van der Waals surface area contributed by atoms with Gasteiger partial charge in [0.25, 0.3) is 0 Å². The summed E-state index contributed by atoms with van der Waals surface area (Å²) >= 11 is 0. The third-order valence-corrected chi connectivity index (χ3v) is 7.17. The molecule has 3 atom stereocenters. The molecule has 4 rings (SSSR count). The van der Waals surface area contributed by atoms with Gasteiger partial charge in [0.1, 0.15) is 18.2 Å². The van der Waals surface area contributed by atoms with Gasteiger partial charge in [0.05, 0.1) is 39.5 Å². The SMILES string of the molecule is O=C(CN1CCOCC1)NC(CCc1ccccc1)C(=O)NCC(=O)NC(Cc1ccccc1)C(=O)NCC(=O)C1CO1. The van der Waals surface area contributed by atoms with Gasteiger partial charge in [-0.25, -0.2) is 0 Å². The van der Waals surface area contributed by atoms with E-state index in [2.05, 4.69) is 21.3 Å². The number of hydrogen-bond acceptors (Lipinski definition) is 8. The minimum Gasteiger partial charge on any atom is -0.379 e. The van der Waals surface area contributed by atoms with Crippen molar-refractivity contribution in [2.75, 3.05) is 52.5 Å². The van der Waals surface area contributed by atoms with Crippen LogP contribution in [0.2, 0.25) is 0 Å². The molecule has 0 saturated carbocycles. The van der Waals surface area contributed by atoms with Crippen molar-refractivity contribution in [3.05, 3.63) is 71.8 Å². The molecule has 43 heavy (non-hydrogen) atoms. The number of aryl methyl sites for hydroxylation is 1. The number of rotatable bonds is 16. The Labute approximate surface area is 250 Å². The number of Topliss-reactive ketones (excluding diaryl/α,β-unsaturated/α-hetero) is 1. The van der Waals surface area contributed by atoms with Crippen molar-refractivity contribution in [2.24, 2.45) is 0 Å². The van der Waals surface area contributed by atoms with Gasteiger partial charge < -0.3 is 30.7 Å². The maximum atomic E-state index is 13.2. The van der Waals surface area contributed by atoms with Crippen LogP contribution in [0.1, 0.15) is 17.5 Å². The second-order valence-electron chi connectivity index (χ2n) is 10.6. The summed E-state index contributed by atoms with van der Waals surface area (Å²) in [4.78, 5) is 65.7. The largest absolute Gasteiger partial charge is 0.379 e. The number of nitrogens with one attached hydrogen (secondary N) is 4. The molecule has 4 amide bonds. The first-order valence-electron chi connectivity index (χ1n) is 14.5. The molecule has 0 radical (unpaired) electrons. The van der Waals surface area contributed by atoms with Crippen LogP contribution in [0.4, 0.5) is 0 Å². The van der Waals surface area contributed by atoms with Crippen LogP contribution in [0.3, 0.4) is 0 Å². The third kappa shape index (κ3) is 11.2. The summed E-state index contributed by atoms with van der Waals surface area (Å²) in [6.07, 6.45) is 0.594. The van der Waals surface area contributed by atoms with Crippen molar-refractivity contribution in [3.63, 3.8) is 0 Å². The van der Waals surface area contributed by atoms with Gasteiger partial charge >= 0.3 is 0 Å². The highest BCUT2D eigenvalue weighted by Crippen LogP contribution is 2.10. The minimum absolute atomic E-state index is 0.143. The monoisotopic (exact) mass is 593 g/mol. The molecular formula is C31H39N5O7. The van der Waals surface area contributed by atoms with E-state index < -0.39 is 42.5 Å². The van der Waals surface area contributed by atoms with Gasteiger partial charge in [-0.3, -0.25) is 28.9 Å². The molecule has 12 nitrogen and oxygen atoms in total. The molecule has 4 N–H and O–H groups in total. The van der Waals surface area contributed by atoms with E-state index in [0.29, 0.717) is 45.8 Å². The Balaban J connectivity index is 1.32. The Kier molecular flexibility index (Phi) is 12.2. The Bertz CT molecular complexity index is 1230. The Morgan fingerprint density at radius 3 is 2.00 bits per heavy atom. The van der Waals surface area contributed by atoms with Crippen molar-refractivity contribution >= 4 is 29.4 Å². The Hall–Kier alpha value is -4.13. The van der Waals surface area contributed by atoms with E-state index in [1.165, 1.54) is 0 Å². The van der Waals surface area contributed by atoms with Crippen LogP contribution in [0, 0.1) is 0 Å². The van der Waals surface area contributed by atoms with Crippen LogP contribution in [-0.2, 0) is 46.3 Å². The normalized spacial score (nSPS) is 17.6. The second-order valence-corrected chi connectivity index (χ2v) is 10.6. The predicted octanol–water partition coefficient (Wildman–Crippen LogP) is -0.636. The van der Waals surface area contributed by atoms with Gasteiger partial charge in [-0.1, -0.05) is 60.7 Å². The Morgan fingerprint density at radius 1 is 0.767 bits per heavy atom. The highest BCUT2D eigenvalue weighted by Gasteiger charge is 2.32. The summed E-state index contributed by atoms with van der Waals surface area (Å²) in [5, 5.41) is 10.7. The van der Waals surface area contributed by atoms with Crippen LogP contribution in [0.25, 0.3) is 0 Å². The van der Waals surface area contributed by atoms with Gasteiger partial charge in [0.15, 0.2) is 5.78 Å². The van der Waals surface area contributed by atoms with E-state index in [9.17, 15) is 24.0 Å². The number of amides is 4. The number of epoxide rings is 1. The number of morpholine rings is 1. The molecule has 2 heterocycles. The highest BCUT2D eigenvalue weighted by atomic mass is 16.6. The molecule has 2 aromatic carbocycles. The van der Waals surface area contributed by atoms with Crippen molar-refractivity contribution in [1.82, 2.24) is 26.2 Å². The topological polar surface area (TPSA) is 158 Å². The van der Waals surface area contributed by atoms with Crippen LogP contribution in [0.15, 0.2) is 60.7 Å². The fraction of sp³-hybridized carbons (Fsp3) is 0.452. The van der Waals surface area contributed by atoms with E-state index in [-0.39, 0.29) is 31.2 Å². The van der Waals surface area contributed by atoms with Gasteiger partial charge in [0, 0.05) is 19.5 Å². The molecule has 12 heteroatoms. The van der Waals surface area contributed by atoms with E-state index >= 15 is 0 Å². The molecule has 230 valence electrons. The lowest BCUT2D eigenvalue weighted by atomic mass is 10.0. The molecule has 2 aliphatic heterocycles. The first-order valence-corrected chi connectivity index (χ1v) is 14.5. The lowest BCUT2D eigenvalue weighted by molar-refractivity contribution is -0.132. The van der Waals surface area contributed by atoms with Crippen LogP contribution < -0.4 is 21.3 Å². The number of ketones is 1. The van der Waals surface area contributed by atoms with E-state index in [1.54, 1.807) is 0 Å². The maximum absolute atomic E-state index is 13.2. The smallest absolute Gasteiger partial charge is 0.243 e. The van der Waals surface area contributed by atoms with Crippen molar-refractivity contribution in [2.45, 2.75) is 37.5 Å². The summed E-state index contributed by atoms with van der Waals surface area (Å²) in [5.41, 5.74) is 1.83. The zero-order valence-corrected chi connectivity index (χ0v) is 24.1. The molecule has 3 unspecified atom stereocenters. The van der Waals surface area contributed by atoms with Gasteiger partial charge in [0.2, 0.25) is 23.6 Å². The van der Waals surface area contributed by atoms with Crippen molar-refractivity contribution < 1.29 is 33.4 Å². The van der Waals surface area contributed by atoms with Gasteiger partial charge in [-0.15, -0.1) is 0 Å². The summed E-state index contributed by atoms with van der Waals surface area (Å²) in [7, 11) is 0. The fourth-order valence-corrected chi connectivity index (χ4v) is 4.67. The molecule has 2 aromatic rings. The number of carbonyl (C=O) groups is 5. The molecule has 0 aromatic heterocycles. The Morgan fingerprint density at radius 2 is 1.35 bits per heavy atom. The molecule has 0 bridgehead atoms. The lowest BCUT2D eigenvalue weighted by Crippen LogP contribution is -2.54. The zero-order chi connectivity index (χ0) is 30.4. The molecule has 2 fully saturated rings. The zero-order valence-electron chi connectivity index (χ0n) is 24.1. The third-order valence-electron chi connectivity index (χ3n) is 7.17. The van der Waals surface area contributed by atoms with Gasteiger partial charge in [-0.2, -0.15) is 0 Å². The second kappa shape index (κ2) is 16.5. The highest BCUT2D eigenvalue weighted by molar-refractivity contribution is 5.95. The number of hydrogen-bond donors (Lipinski definition) is 4. The summed E-state index contributed by atoms with van der Waals surface area (Å²) in [6.45, 7) is 2.26. The lowest BCUT2D eigenvalue weighted by Gasteiger charge is -2.27. The fourth-order valence-electron chi connectivity index (χ4n) is 4.67.